The maximum absolute atomic E-state index is 11.7. The van der Waals surface area contributed by atoms with Gasteiger partial charge in [0.25, 0.3) is 0 Å². The first-order valence-electron chi connectivity index (χ1n) is 9.89. The third kappa shape index (κ3) is 4.18. The number of aromatic hydroxyl groups is 1. The number of benzene rings is 3. The van der Waals surface area contributed by atoms with Crippen molar-refractivity contribution in [3.8, 4) is 11.4 Å². The van der Waals surface area contributed by atoms with Gasteiger partial charge < -0.3 is 10.2 Å². The largest absolute Gasteiger partial charge is 0.506 e. The normalized spacial score (nSPS) is 12.7. The molecule has 1 atom stereocenters. The molecule has 0 aliphatic rings. The fourth-order valence-electron chi connectivity index (χ4n) is 3.95. The smallest absolute Gasteiger partial charge is 0.303 e. The van der Waals surface area contributed by atoms with Crippen molar-refractivity contribution in [1.29, 1.82) is 0 Å². The third-order valence-electron chi connectivity index (χ3n) is 5.73. The van der Waals surface area contributed by atoms with Crippen LogP contribution in [0.1, 0.15) is 37.3 Å². The third-order valence-corrected chi connectivity index (χ3v) is 6.22. The number of hydrogen-bond donors (Lipinski definition) is 2. The van der Waals surface area contributed by atoms with E-state index in [1.807, 2.05) is 62.4 Å². The van der Waals surface area contributed by atoms with Gasteiger partial charge in [-0.05, 0) is 46.9 Å². The molecule has 4 rings (SSSR count). The molecule has 31 heavy (non-hydrogen) atoms. The number of carbonyl (C=O) groups is 1. The van der Waals surface area contributed by atoms with E-state index >= 15 is 0 Å². The van der Waals surface area contributed by atoms with E-state index in [4.69, 9.17) is 0 Å². The highest BCUT2D eigenvalue weighted by atomic mass is 79.9. The molecule has 158 valence electrons. The predicted molar refractivity (Wildman–Crippen MR) is 123 cm³/mol. The van der Waals surface area contributed by atoms with Crippen LogP contribution in [0.3, 0.4) is 0 Å². The Bertz CT molecular complexity index is 1250. The highest BCUT2D eigenvalue weighted by molar-refractivity contribution is 9.10. The number of fused-ring (bicyclic) bond motifs is 1. The van der Waals surface area contributed by atoms with E-state index in [9.17, 15) is 15.0 Å². The van der Waals surface area contributed by atoms with E-state index in [0.29, 0.717) is 16.7 Å². The van der Waals surface area contributed by atoms with Crippen molar-refractivity contribution in [2.45, 2.75) is 31.6 Å². The van der Waals surface area contributed by atoms with Crippen molar-refractivity contribution in [3.05, 3.63) is 82.3 Å². The number of phenols is 1. The lowest BCUT2D eigenvalue weighted by atomic mass is 9.69. The Morgan fingerprint density at radius 2 is 1.74 bits per heavy atom. The van der Waals surface area contributed by atoms with Crippen LogP contribution in [0.4, 0.5) is 0 Å². The number of halogens is 1. The lowest BCUT2D eigenvalue weighted by molar-refractivity contribution is -0.137. The van der Waals surface area contributed by atoms with Gasteiger partial charge in [0, 0.05) is 10.4 Å². The molecule has 0 aliphatic heterocycles. The Morgan fingerprint density at radius 1 is 1.03 bits per heavy atom. The molecule has 0 saturated carbocycles. The molecule has 3 aromatic carbocycles. The number of aliphatic carboxylic acids is 1. The number of carboxylic acids is 1. The average molecular weight is 480 g/mol. The van der Waals surface area contributed by atoms with Crippen LogP contribution in [0, 0.1) is 0 Å². The Morgan fingerprint density at radius 3 is 2.45 bits per heavy atom. The molecule has 0 saturated heterocycles. The van der Waals surface area contributed by atoms with E-state index in [0.717, 1.165) is 15.6 Å². The summed E-state index contributed by atoms with van der Waals surface area (Å²) < 4.78 is 0.885. The predicted octanol–water partition coefficient (Wildman–Crippen LogP) is 5.42. The van der Waals surface area contributed by atoms with Gasteiger partial charge in [0.05, 0.1) is 6.42 Å². The molecule has 0 aliphatic carbocycles. The molecular formula is C24H22BrN3O3. The maximum Gasteiger partial charge on any atom is 0.303 e. The SMILES string of the molecule is CC(C)(c1ccccc1)C(CC(=O)O)c1ccc(O)c(-n2nc3ccc(Br)cc3n2)c1. The second-order valence-electron chi connectivity index (χ2n) is 8.11. The Kier molecular flexibility index (Phi) is 5.54. The van der Waals surface area contributed by atoms with Crippen LogP contribution in [-0.2, 0) is 10.2 Å². The van der Waals surface area contributed by atoms with E-state index in [2.05, 4.69) is 26.1 Å². The molecular weight excluding hydrogens is 458 g/mol. The molecule has 0 fully saturated rings. The topological polar surface area (TPSA) is 88.2 Å². The van der Waals surface area contributed by atoms with Crippen molar-refractivity contribution in [2.24, 2.45) is 0 Å². The zero-order valence-corrected chi connectivity index (χ0v) is 18.7. The van der Waals surface area contributed by atoms with Crippen molar-refractivity contribution in [2.75, 3.05) is 0 Å². The first-order valence-corrected chi connectivity index (χ1v) is 10.7. The summed E-state index contributed by atoms with van der Waals surface area (Å²) in [5.41, 5.74) is 3.17. The summed E-state index contributed by atoms with van der Waals surface area (Å²) >= 11 is 3.43. The van der Waals surface area contributed by atoms with Gasteiger partial charge in [-0.25, -0.2) is 0 Å². The quantitative estimate of drug-likeness (QED) is 0.385. The summed E-state index contributed by atoms with van der Waals surface area (Å²) in [7, 11) is 0. The molecule has 2 N–H and O–H groups in total. The maximum atomic E-state index is 11.7. The molecule has 7 heteroatoms. The zero-order chi connectivity index (χ0) is 22.2. The van der Waals surface area contributed by atoms with Crippen LogP contribution in [0.5, 0.6) is 5.75 Å². The molecule has 1 aromatic heterocycles. The van der Waals surface area contributed by atoms with Gasteiger partial charge in [-0.2, -0.15) is 0 Å². The first kappa shape index (κ1) is 21.1. The first-order chi connectivity index (χ1) is 14.8. The standard InChI is InChI=1S/C24H22BrN3O3/c1-24(2,16-6-4-3-5-7-16)18(14-23(30)31)15-8-11-22(29)21(12-15)28-26-19-10-9-17(25)13-20(19)27-28/h3-13,18,29H,14H2,1-2H3,(H,30,31). The Hall–Kier alpha value is -3.19. The molecule has 4 aromatic rings. The van der Waals surface area contributed by atoms with E-state index in [1.165, 1.54) is 4.80 Å². The lowest BCUT2D eigenvalue weighted by Crippen LogP contribution is -2.29. The van der Waals surface area contributed by atoms with E-state index in [-0.39, 0.29) is 18.1 Å². The number of rotatable bonds is 6. The summed E-state index contributed by atoms with van der Waals surface area (Å²) in [6.07, 6.45) is -0.0480. The van der Waals surface area contributed by atoms with Crippen LogP contribution in [0.25, 0.3) is 16.7 Å². The summed E-state index contributed by atoms with van der Waals surface area (Å²) in [5, 5.41) is 29.1. The molecule has 0 radical (unpaired) electrons. The molecule has 0 amide bonds. The highest BCUT2D eigenvalue weighted by Crippen LogP contribution is 2.42. The molecule has 6 nitrogen and oxygen atoms in total. The Balaban J connectivity index is 1.82. The van der Waals surface area contributed by atoms with Gasteiger partial charge in [-0.1, -0.05) is 66.2 Å². The fraction of sp³-hybridized carbons (Fsp3) is 0.208. The van der Waals surface area contributed by atoms with Crippen molar-refractivity contribution in [3.63, 3.8) is 0 Å². The highest BCUT2D eigenvalue weighted by Gasteiger charge is 2.34. The monoisotopic (exact) mass is 479 g/mol. The van der Waals surface area contributed by atoms with Gasteiger partial charge in [0.15, 0.2) is 0 Å². The van der Waals surface area contributed by atoms with Crippen LogP contribution < -0.4 is 0 Å². The zero-order valence-electron chi connectivity index (χ0n) is 17.2. The number of nitrogens with zero attached hydrogens (tertiary/aromatic N) is 3. The second kappa shape index (κ2) is 8.15. The molecule has 1 heterocycles. The Labute approximate surface area is 188 Å². The van der Waals surface area contributed by atoms with Gasteiger partial charge >= 0.3 is 5.97 Å². The minimum absolute atomic E-state index is 0.0229. The molecule has 1 unspecified atom stereocenters. The van der Waals surface area contributed by atoms with Crippen molar-refractivity contribution >= 4 is 32.9 Å². The van der Waals surface area contributed by atoms with Crippen LogP contribution in [0.15, 0.2) is 71.2 Å². The van der Waals surface area contributed by atoms with Crippen molar-refractivity contribution < 1.29 is 15.0 Å². The van der Waals surface area contributed by atoms with Gasteiger partial charge in [-0.3, -0.25) is 4.79 Å². The number of aromatic nitrogens is 3. The summed E-state index contributed by atoms with van der Waals surface area (Å²) in [4.78, 5) is 13.1. The fourth-order valence-corrected chi connectivity index (χ4v) is 4.30. The summed E-state index contributed by atoms with van der Waals surface area (Å²) in [6, 6.07) is 20.6. The van der Waals surface area contributed by atoms with Gasteiger partial charge in [0.1, 0.15) is 22.5 Å². The van der Waals surface area contributed by atoms with Gasteiger partial charge in [-0.15, -0.1) is 15.0 Å². The minimum Gasteiger partial charge on any atom is -0.506 e. The average Bonchev–Trinajstić information content (AvgIpc) is 3.16. The number of phenolic OH excluding ortho intramolecular Hbond substituents is 1. The van der Waals surface area contributed by atoms with Crippen LogP contribution in [-0.4, -0.2) is 31.2 Å². The number of hydrogen-bond acceptors (Lipinski definition) is 4. The second-order valence-corrected chi connectivity index (χ2v) is 9.02. The van der Waals surface area contributed by atoms with Crippen LogP contribution in [0.2, 0.25) is 0 Å². The summed E-state index contributed by atoms with van der Waals surface area (Å²) in [6.45, 7) is 4.08. The van der Waals surface area contributed by atoms with Crippen molar-refractivity contribution in [1.82, 2.24) is 15.0 Å². The molecule has 0 spiro atoms. The lowest BCUT2D eigenvalue weighted by Gasteiger charge is -2.35. The summed E-state index contributed by atoms with van der Waals surface area (Å²) in [5.74, 6) is -1.18. The van der Waals surface area contributed by atoms with Crippen LogP contribution >= 0.6 is 15.9 Å². The number of carboxylic acid groups (broad SMARTS) is 1. The van der Waals surface area contributed by atoms with E-state index in [1.54, 1.807) is 18.2 Å². The van der Waals surface area contributed by atoms with E-state index < -0.39 is 11.4 Å². The molecule has 0 bridgehead atoms. The minimum atomic E-state index is -0.878. The van der Waals surface area contributed by atoms with Gasteiger partial charge in [0.2, 0.25) is 0 Å².